The molecular formula is C13H12BrNO4S2. The molecule has 0 saturated heterocycles. The van der Waals surface area contributed by atoms with Crippen LogP contribution in [0, 0.1) is 6.92 Å². The lowest BCUT2D eigenvalue weighted by molar-refractivity contribution is 0.0607. The van der Waals surface area contributed by atoms with E-state index in [1.165, 1.54) is 18.4 Å². The minimum atomic E-state index is -2.69. The van der Waals surface area contributed by atoms with E-state index in [9.17, 15) is 13.2 Å². The van der Waals surface area contributed by atoms with Crippen LogP contribution in [0.1, 0.15) is 15.2 Å². The molecule has 1 heterocycles. The molecule has 112 valence electrons. The van der Waals surface area contributed by atoms with E-state index in [4.69, 9.17) is 4.74 Å². The summed E-state index contributed by atoms with van der Waals surface area (Å²) in [6.45, 7) is 1.91. The standard InChI is InChI=1S/C13H12BrNO4S2/c1-7-10(11(13(16)19-2)20-12(7)14)8-3-5-9(6-4-8)15-21(17)18/h3-6,21H,1-2H3,(H,15,17,18). The number of esters is 1. The summed E-state index contributed by atoms with van der Waals surface area (Å²) in [5.74, 6) is -0.395. The summed E-state index contributed by atoms with van der Waals surface area (Å²) >= 11 is 4.74. The van der Waals surface area contributed by atoms with Crippen molar-refractivity contribution < 1.29 is 17.9 Å². The number of methoxy groups -OCH3 is 1. The van der Waals surface area contributed by atoms with E-state index in [1.807, 2.05) is 6.92 Å². The van der Waals surface area contributed by atoms with Crippen LogP contribution < -0.4 is 4.72 Å². The van der Waals surface area contributed by atoms with Crippen molar-refractivity contribution in [1.82, 2.24) is 0 Å². The number of carbonyl (C=O) groups is 1. The van der Waals surface area contributed by atoms with Crippen molar-refractivity contribution in [2.45, 2.75) is 6.92 Å². The number of ether oxygens (including phenoxy) is 1. The van der Waals surface area contributed by atoms with E-state index in [0.29, 0.717) is 10.6 Å². The predicted molar refractivity (Wildman–Crippen MR) is 87.5 cm³/mol. The summed E-state index contributed by atoms with van der Waals surface area (Å²) in [5.41, 5.74) is 3.02. The van der Waals surface area contributed by atoms with Gasteiger partial charge in [0.1, 0.15) is 4.88 Å². The number of benzene rings is 1. The highest BCUT2D eigenvalue weighted by atomic mass is 79.9. The lowest BCUT2D eigenvalue weighted by atomic mass is 10.0. The van der Waals surface area contributed by atoms with Crippen molar-refractivity contribution in [3.05, 3.63) is 38.5 Å². The first kappa shape index (κ1) is 16.0. The Bertz CT molecular complexity index is 742. The molecule has 8 heteroatoms. The van der Waals surface area contributed by atoms with Crippen LogP contribution >= 0.6 is 27.3 Å². The molecule has 0 bridgehead atoms. The number of rotatable bonds is 4. The molecule has 0 aliphatic heterocycles. The number of hydrogen-bond donors (Lipinski definition) is 2. The fourth-order valence-corrected chi connectivity index (χ4v) is 3.90. The van der Waals surface area contributed by atoms with Crippen LogP contribution in [0.25, 0.3) is 11.1 Å². The number of carbonyl (C=O) groups excluding carboxylic acids is 1. The number of nitrogens with one attached hydrogen (secondary N) is 1. The van der Waals surface area contributed by atoms with Crippen LogP contribution in [0.2, 0.25) is 0 Å². The topological polar surface area (TPSA) is 72.5 Å². The molecule has 0 amide bonds. The van der Waals surface area contributed by atoms with Gasteiger partial charge in [-0.05, 0) is 46.1 Å². The average Bonchev–Trinajstić information content (AvgIpc) is 2.74. The zero-order valence-corrected chi connectivity index (χ0v) is 14.5. The molecule has 0 aliphatic rings. The number of thiophene rings is 1. The van der Waals surface area contributed by atoms with Crippen LogP contribution in [-0.2, 0) is 15.6 Å². The van der Waals surface area contributed by atoms with E-state index in [-0.39, 0.29) is 0 Å². The molecule has 0 atom stereocenters. The third kappa shape index (κ3) is 3.45. The minimum absolute atomic E-state index is 0.395. The Morgan fingerprint density at radius 2 is 1.90 bits per heavy atom. The molecule has 0 spiro atoms. The Labute approximate surface area is 136 Å². The highest BCUT2D eigenvalue weighted by Crippen LogP contribution is 2.40. The summed E-state index contributed by atoms with van der Waals surface area (Å²) in [4.78, 5) is 12.4. The Balaban J connectivity index is 2.48. The number of hydrogen-bond acceptors (Lipinski definition) is 5. The van der Waals surface area contributed by atoms with Gasteiger partial charge in [0.15, 0.2) is 0 Å². The van der Waals surface area contributed by atoms with E-state index in [1.54, 1.807) is 24.3 Å². The minimum Gasteiger partial charge on any atom is -0.465 e. The van der Waals surface area contributed by atoms with Crippen LogP contribution in [0.4, 0.5) is 5.69 Å². The molecule has 1 aromatic heterocycles. The Hall–Kier alpha value is -1.38. The average molecular weight is 390 g/mol. The SMILES string of the molecule is COC(=O)c1sc(Br)c(C)c1-c1ccc(N[SH](=O)=O)cc1. The maximum absolute atomic E-state index is 11.9. The first-order chi connectivity index (χ1) is 9.93. The zero-order chi connectivity index (χ0) is 15.6. The Morgan fingerprint density at radius 3 is 2.43 bits per heavy atom. The van der Waals surface area contributed by atoms with Gasteiger partial charge in [-0.15, -0.1) is 11.3 Å². The molecule has 0 saturated carbocycles. The fourth-order valence-electron chi connectivity index (χ4n) is 1.89. The third-order valence-corrected chi connectivity index (χ3v) is 5.43. The summed E-state index contributed by atoms with van der Waals surface area (Å²) in [6.07, 6.45) is 0. The lowest BCUT2D eigenvalue weighted by Crippen LogP contribution is -2.00. The number of halogens is 1. The zero-order valence-electron chi connectivity index (χ0n) is 11.2. The fraction of sp³-hybridized carbons (Fsp3) is 0.154. The first-order valence-electron chi connectivity index (χ1n) is 5.82. The monoisotopic (exact) mass is 389 g/mol. The smallest absolute Gasteiger partial charge is 0.348 e. The van der Waals surface area contributed by atoms with Gasteiger partial charge in [-0.3, -0.25) is 4.72 Å². The Morgan fingerprint density at radius 1 is 1.29 bits per heavy atom. The van der Waals surface area contributed by atoms with Gasteiger partial charge in [0.05, 0.1) is 10.9 Å². The molecule has 5 nitrogen and oxygen atoms in total. The maximum atomic E-state index is 11.9. The molecule has 1 N–H and O–H groups in total. The van der Waals surface area contributed by atoms with Gasteiger partial charge in [-0.25, -0.2) is 13.2 Å². The molecular weight excluding hydrogens is 378 g/mol. The molecule has 0 fully saturated rings. The third-order valence-electron chi connectivity index (χ3n) is 2.85. The van der Waals surface area contributed by atoms with Crippen molar-refractivity contribution >= 4 is 49.8 Å². The second kappa shape index (κ2) is 6.59. The van der Waals surface area contributed by atoms with E-state index in [0.717, 1.165) is 20.5 Å². The maximum Gasteiger partial charge on any atom is 0.348 e. The van der Waals surface area contributed by atoms with Crippen molar-refractivity contribution in [1.29, 1.82) is 0 Å². The van der Waals surface area contributed by atoms with E-state index >= 15 is 0 Å². The molecule has 1 aromatic carbocycles. The van der Waals surface area contributed by atoms with Crippen molar-refractivity contribution in [3.63, 3.8) is 0 Å². The summed E-state index contributed by atoms with van der Waals surface area (Å²) < 4.78 is 29.2. The van der Waals surface area contributed by atoms with Gasteiger partial charge in [-0.1, -0.05) is 12.1 Å². The van der Waals surface area contributed by atoms with Gasteiger partial charge < -0.3 is 4.74 Å². The van der Waals surface area contributed by atoms with Crippen molar-refractivity contribution in [2.75, 3.05) is 11.8 Å². The van der Waals surface area contributed by atoms with Crippen LogP contribution in [0.3, 0.4) is 0 Å². The number of anilines is 1. The van der Waals surface area contributed by atoms with Gasteiger partial charge in [0.25, 0.3) is 0 Å². The predicted octanol–water partition coefficient (Wildman–Crippen LogP) is 3.21. The summed E-state index contributed by atoms with van der Waals surface area (Å²) in [5, 5.41) is 0. The van der Waals surface area contributed by atoms with E-state index < -0.39 is 16.9 Å². The van der Waals surface area contributed by atoms with Crippen LogP contribution in [0.15, 0.2) is 28.1 Å². The second-order valence-electron chi connectivity index (χ2n) is 4.14. The lowest BCUT2D eigenvalue weighted by Gasteiger charge is -2.06. The molecule has 0 unspecified atom stereocenters. The van der Waals surface area contributed by atoms with Crippen molar-refractivity contribution in [3.8, 4) is 11.1 Å². The molecule has 0 aliphatic carbocycles. The van der Waals surface area contributed by atoms with Gasteiger partial charge >= 0.3 is 5.97 Å². The van der Waals surface area contributed by atoms with Crippen LogP contribution in [-0.4, -0.2) is 21.5 Å². The highest BCUT2D eigenvalue weighted by Gasteiger charge is 2.21. The first-order valence-corrected chi connectivity index (χ1v) is 8.61. The van der Waals surface area contributed by atoms with Gasteiger partial charge in [-0.2, -0.15) is 0 Å². The van der Waals surface area contributed by atoms with Gasteiger partial charge in [0.2, 0.25) is 10.9 Å². The largest absolute Gasteiger partial charge is 0.465 e. The number of thiol groups is 1. The highest BCUT2D eigenvalue weighted by molar-refractivity contribution is 9.11. The summed E-state index contributed by atoms with van der Waals surface area (Å²) in [6, 6.07) is 6.81. The summed E-state index contributed by atoms with van der Waals surface area (Å²) in [7, 11) is -1.35. The Kier molecular flexibility index (Phi) is 5.02. The molecule has 0 radical (unpaired) electrons. The van der Waals surface area contributed by atoms with Gasteiger partial charge in [0, 0.05) is 11.3 Å². The normalized spacial score (nSPS) is 10.7. The molecule has 21 heavy (non-hydrogen) atoms. The van der Waals surface area contributed by atoms with Crippen LogP contribution in [0.5, 0.6) is 0 Å². The quantitative estimate of drug-likeness (QED) is 0.621. The van der Waals surface area contributed by atoms with E-state index in [2.05, 4.69) is 20.7 Å². The second-order valence-corrected chi connectivity index (χ2v) is 7.22. The molecule has 2 rings (SSSR count). The van der Waals surface area contributed by atoms with Crippen molar-refractivity contribution in [2.24, 2.45) is 0 Å². The molecule has 2 aromatic rings.